The first-order valence-electron chi connectivity index (χ1n) is 5.28. The Labute approximate surface area is 93.6 Å². The Bertz CT molecular complexity index is 450. The number of nitrogens with zero attached hydrogens (tertiary/aromatic N) is 5. The summed E-state index contributed by atoms with van der Waals surface area (Å²) in [6.07, 6.45) is 8.06. The highest BCUT2D eigenvalue weighted by Crippen LogP contribution is 2.05. The Morgan fingerprint density at radius 2 is 2.19 bits per heavy atom. The van der Waals surface area contributed by atoms with Crippen LogP contribution in [0.5, 0.6) is 0 Å². The van der Waals surface area contributed by atoms with Crippen LogP contribution in [0.2, 0.25) is 0 Å². The number of unbranched alkanes of at least 4 members (excludes halogenated alkanes) is 1. The van der Waals surface area contributed by atoms with E-state index in [4.69, 9.17) is 5.73 Å². The first kappa shape index (κ1) is 10.5. The highest BCUT2D eigenvalue weighted by atomic mass is 15.2. The summed E-state index contributed by atoms with van der Waals surface area (Å²) in [6.45, 7) is 2.13. The van der Waals surface area contributed by atoms with Gasteiger partial charge in [0.05, 0.1) is 0 Å². The maximum Gasteiger partial charge on any atom is 0.239 e. The van der Waals surface area contributed by atoms with Crippen molar-refractivity contribution in [1.29, 1.82) is 0 Å². The standard InChI is InChI=1S/C10H14N6/c1-2-3-4-8-13-9(11)15-10(14-8)16-6-5-12-7-16/h5-7H,2-4H2,1H3,(H2,11,13,14,15). The Morgan fingerprint density at radius 1 is 1.31 bits per heavy atom. The number of nitrogen functional groups attached to an aromatic ring is 1. The van der Waals surface area contributed by atoms with Gasteiger partial charge in [0.1, 0.15) is 12.2 Å². The molecule has 2 aromatic rings. The van der Waals surface area contributed by atoms with Gasteiger partial charge in [0.25, 0.3) is 0 Å². The third-order valence-electron chi connectivity index (χ3n) is 2.18. The van der Waals surface area contributed by atoms with E-state index >= 15 is 0 Å². The Hall–Kier alpha value is -1.98. The van der Waals surface area contributed by atoms with E-state index in [1.807, 2.05) is 0 Å². The van der Waals surface area contributed by atoms with Crippen molar-refractivity contribution in [3.63, 3.8) is 0 Å². The topological polar surface area (TPSA) is 82.5 Å². The van der Waals surface area contributed by atoms with Crippen LogP contribution in [-0.4, -0.2) is 24.5 Å². The zero-order valence-electron chi connectivity index (χ0n) is 9.17. The second kappa shape index (κ2) is 4.69. The minimum Gasteiger partial charge on any atom is -0.368 e. The van der Waals surface area contributed by atoms with Crippen molar-refractivity contribution in [2.24, 2.45) is 0 Å². The molecule has 0 spiro atoms. The maximum atomic E-state index is 5.64. The molecule has 0 atom stereocenters. The molecule has 2 heterocycles. The van der Waals surface area contributed by atoms with Crippen molar-refractivity contribution < 1.29 is 0 Å². The summed E-state index contributed by atoms with van der Waals surface area (Å²) in [5.41, 5.74) is 5.64. The molecule has 84 valence electrons. The number of hydrogen-bond acceptors (Lipinski definition) is 5. The van der Waals surface area contributed by atoms with E-state index in [9.17, 15) is 0 Å². The lowest BCUT2D eigenvalue weighted by Crippen LogP contribution is -2.08. The van der Waals surface area contributed by atoms with Crippen molar-refractivity contribution in [3.05, 3.63) is 24.5 Å². The van der Waals surface area contributed by atoms with Crippen LogP contribution in [0.3, 0.4) is 0 Å². The van der Waals surface area contributed by atoms with Gasteiger partial charge in [0.15, 0.2) is 0 Å². The van der Waals surface area contributed by atoms with Crippen molar-refractivity contribution in [2.45, 2.75) is 26.2 Å². The van der Waals surface area contributed by atoms with E-state index in [0.29, 0.717) is 5.95 Å². The zero-order chi connectivity index (χ0) is 11.4. The molecule has 0 fully saturated rings. The summed E-state index contributed by atoms with van der Waals surface area (Å²) >= 11 is 0. The summed E-state index contributed by atoms with van der Waals surface area (Å²) in [5.74, 6) is 1.51. The lowest BCUT2D eigenvalue weighted by molar-refractivity contribution is 0.736. The van der Waals surface area contributed by atoms with Gasteiger partial charge in [0.2, 0.25) is 11.9 Å². The molecule has 0 saturated heterocycles. The summed E-state index contributed by atoms with van der Waals surface area (Å²) in [7, 11) is 0. The van der Waals surface area contributed by atoms with E-state index in [2.05, 4.69) is 26.9 Å². The van der Waals surface area contributed by atoms with Crippen molar-refractivity contribution in [2.75, 3.05) is 5.73 Å². The van der Waals surface area contributed by atoms with E-state index in [1.165, 1.54) is 0 Å². The molecule has 6 nitrogen and oxygen atoms in total. The molecule has 0 aliphatic heterocycles. The quantitative estimate of drug-likeness (QED) is 0.827. The largest absolute Gasteiger partial charge is 0.368 e. The first-order chi connectivity index (χ1) is 7.79. The van der Waals surface area contributed by atoms with Gasteiger partial charge in [-0.15, -0.1) is 0 Å². The Morgan fingerprint density at radius 3 is 2.88 bits per heavy atom. The van der Waals surface area contributed by atoms with E-state index < -0.39 is 0 Å². The molecule has 16 heavy (non-hydrogen) atoms. The number of aromatic nitrogens is 5. The molecular weight excluding hydrogens is 204 g/mol. The SMILES string of the molecule is CCCCc1nc(N)nc(-n2ccnc2)n1. The minimum absolute atomic E-state index is 0.254. The van der Waals surface area contributed by atoms with Crippen LogP contribution in [0, 0.1) is 0 Å². The molecule has 0 radical (unpaired) electrons. The number of rotatable bonds is 4. The molecule has 0 aromatic carbocycles. The van der Waals surface area contributed by atoms with Gasteiger partial charge >= 0.3 is 0 Å². The van der Waals surface area contributed by atoms with Crippen molar-refractivity contribution >= 4 is 5.95 Å². The predicted octanol–water partition coefficient (Wildman–Crippen LogP) is 0.982. The normalized spacial score (nSPS) is 10.6. The molecule has 2 rings (SSSR count). The Kier molecular flexibility index (Phi) is 3.09. The van der Waals surface area contributed by atoms with E-state index in [-0.39, 0.29) is 5.95 Å². The predicted molar refractivity (Wildman–Crippen MR) is 60.0 cm³/mol. The zero-order valence-corrected chi connectivity index (χ0v) is 9.17. The van der Waals surface area contributed by atoms with Crippen LogP contribution in [0.25, 0.3) is 5.95 Å². The van der Waals surface area contributed by atoms with Crippen molar-refractivity contribution in [3.8, 4) is 5.95 Å². The fourth-order valence-electron chi connectivity index (χ4n) is 1.36. The third-order valence-corrected chi connectivity index (χ3v) is 2.18. The van der Waals surface area contributed by atoms with Gasteiger partial charge in [-0.2, -0.15) is 15.0 Å². The third kappa shape index (κ3) is 2.33. The first-order valence-corrected chi connectivity index (χ1v) is 5.28. The average molecular weight is 218 g/mol. The summed E-state index contributed by atoms with van der Waals surface area (Å²) in [6, 6.07) is 0. The fraction of sp³-hybridized carbons (Fsp3) is 0.400. The van der Waals surface area contributed by atoms with Crippen molar-refractivity contribution in [1.82, 2.24) is 24.5 Å². The van der Waals surface area contributed by atoms with Gasteiger partial charge in [-0.05, 0) is 6.42 Å². The molecule has 2 N–H and O–H groups in total. The van der Waals surface area contributed by atoms with Gasteiger partial charge in [-0.1, -0.05) is 13.3 Å². The number of nitrogens with two attached hydrogens (primary N) is 1. The molecule has 0 bridgehead atoms. The Balaban J connectivity index is 2.29. The second-order valence-corrected chi connectivity index (χ2v) is 3.48. The molecule has 6 heteroatoms. The minimum atomic E-state index is 0.254. The monoisotopic (exact) mass is 218 g/mol. The molecule has 0 unspecified atom stereocenters. The smallest absolute Gasteiger partial charge is 0.239 e. The summed E-state index contributed by atoms with van der Waals surface area (Å²) < 4.78 is 1.72. The molecule has 0 amide bonds. The van der Waals surface area contributed by atoms with Gasteiger partial charge in [-0.3, -0.25) is 4.57 Å². The van der Waals surface area contributed by atoms with Crippen LogP contribution in [0.1, 0.15) is 25.6 Å². The molecule has 0 aliphatic carbocycles. The highest BCUT2D eigenvalue weighted by molar-refractivity contribution is 5.23. The molecule has 0 aliphatic rings. The number of aryl methyl sites for hydroxylation is 1. The molecule has 2 aromatic heterocycles. The lowest BCUT2D eigenvalue weighted by Gasteiger charge is -2.04. The average Bonchev–Trinajstić information content (AvgIpc) is 2.79. The lowest BCUT2D eigenvalue weighted by atomic mass is 10.2. The van der Waals surface area contributed by atoms with Gasteiger partial charge in [0, 0.05) is 18.8 Å². The van der Waals surface area contributed by atoms with Gasteiger partial charge < -0.3 is 5.73 Å². The molecular formula is C10H14N6. The highest BCUT2D eigenvalue weighted by Gasteiger charge is 2.05. The second-order valence-electron chi connectivity index (χ2n) is 3.48. The van der Waals surface area contributed by atoms with Gasteiger partial charge in [-0.25, -0.2) is 4.98 Å². The fourth-order valence-corrected chi connectivity index (χ4v) is 1.36. The maximum absolute atomic E-state index is 5.64. The number of anilines is 1. The van der Waals surface area contributed by atoms with E-state index in [1.54, 1.807) is 23.3 Å². The van der Waals surface area contributed by atoms with E-state index in [0.717, 1.165) is 25.1 Å². The van der Waals surface area contributed by atoms with Crippen LogP contribution < -0.4 is 5.73 Å². The number of hydrogen-bond donors (Lipinski definition) is 1. The van der Waals surface area contributed by atoms with Crippen LogP contribution in [0.4, 0.5) is 5.95 Å². The van der Waals surface area contributed by atoms with Crippen LogP contribution in [-0.2, 0) is 6.42 Å². The molecule has 0 saturated carbocycles. The van der Waals surface area contributed by atoms with Crippen LogP contribution >= 0.6 is 0 Å². The summed E-state index contributed by atoms with van der Waals surface area (Å²) in [4.78, 5) is 16.4. The van der Waals surface area contributed by atoms with Crippen LogP contribution in [0.15, 0.2) is 18.7 Å². The summed E-state index contributed by atoms with van der Waals surface area (Å²) in [5, 5.41) is 0. The number of imidazole rings is 1.